The summed E-state index contributed by atoms with van der Waals surface area (Å²) in [7, 11) is 0. The van der Waals surface area contributed by atoms with Gasteiger partial charge in [-0.15, -0.1) is 0 Å². The molecular formula is C13H25N3O2. The first-order valence-electron chi connectivity index (χ1n) is 7.07. The highest BCUT2D eigenvalue weighted by atomic mass is 16.5. The second-order valence-electron chi connectivity index (χ2n) is 5.20. The summed E-state index contributed by atoms with van der Waals surface area (Å²) in [5.74, 6) is 0.303. The van der Waals surface area contributed by atoms with Gasteiger partial charge >= 0.3 is 0 Å². The Balaban J connectivity index is 1.75. The molecule has 2 fully saturated rings. The maximum absolute atomic E-state index is 12.2. The third kappa shape index (κ3) is 3.93. The molecule has 2 aliphatic rings. The molecule has 1 N–H and O–H groups in total. The largest absolute Gasteiger partial charge is 0.379 e. The van der Waals surface area contributed by atoms with Crippen molar-refractivity contribution in [2.24, 2.45) is 0 Å². The number of carbonyl (C=O) groups is 1. The Kier molecular flexibility index (Phi) is 5.41. The minimum atomic E-state index is 0.303. The first-order chi connectivity index (χ1) is 8.77. The summed E-state index contributed by atoms with van der Waals surface area (Å²) >= 11 is 0. The Morgan fingerprint density at radius 1 is 1.33 bits per heavy atom. The Labute approximate surface area is 109 Å². The van der Waals surface area contributed by atoms with Crippen molar-refractivity contribution in [3.8, 4) is 0 Å². The summed E-state index contributed by atoms with van der Waals surface area (Å²) in [6, 6.07) is 0.324. The van der Waals surface area contributed by atoms with Crippen molar-refractivity contribution in [2.75, 3.05) is 52.5 Å². The number of hydrogen-bond donors (Lipinski definition) is 1. The van der Waals surface area contributed by atoms with E-state index in [4.69, 9.17) is 4.74 Å². The average Bonchev–Trinajstić information content (AvgIpc) is 2.62. The van der Waals surface area contributed by atoms with Crippen molar-refractivity contribution in [3.05, 3.63) is 0 Å². The highest BCUT2D eigenvalue weighted by Gasteiger charge is 2.22. The van der Waals surface area contributed by atoms with E-state index in [1.54, 1.807) is 0 Å². The number of carbonyl (C=O) groups excluding carboxylic acids is 1. The lowest BCUT2D eigenvalue weighted by Crippen LogP contribution is -2.44. The minimum Gasteiger partial charge on any atom is -0.379 e. The molecule has 5 nitrogen and oxygen atoms in total. The fraction of sp³-hybridized carbons (Fsp3) is 0.923. The van der Waals surface area contributed by atoms with Gasteiger partial charge in [-0.2, -0.15) is 0 Å². The summed E-state index contributed by atoms with van der Waals surface area (Å²) in [5, 5.41) is 3.37. The van der Waals surface area contributed by atoms with Crippen molar-refractivity contribution in [1.82, 2.24) is 15.1 Å². The number of nitrogens with zero attached hydrogens (tertiary/aromatic N) is 2. The molecule has 2 heterocycles. The first-order valence-corrected chi connectivity index (χ1v) is 7.07. The van der Waals surface area contributed by atoms with E-state index in [1.165, 1.54) is 0 Å². The van der Waals surface area contributed by atoms with E-state index in [-0.39, 0.29) is 0 Å². The minimum absolute atomic E-state index is 0.303. The van der Waals surface area contributed by atoms with Crippen molar-refractivity contribution in [2.45, 2.75) is 25.8 Å². The Morgan fingerprint density at radius 3 is 2.89 bits per heavy atom. The van der Waals surface area contributed by atoms with Gasteiger partial charge in [0.15, 0.2) is 0 Å². The molecule has 2 rings (SSSR count). The van der Waals surface area contributed by atoms with Crippen LogP contribution >= 0.6 is 0 Å². The quantitative estimate of drug-likeness (QED) is 0.766. The first kappa shape index (κ1) is 13.8. The molecule has 0 radical (unpaired) electrons. The van der Waals surface area contributed by atoms with Gasteiger partial charge in [-0.3, -0.25) is 9.69 Å². The summed E-state index contributed by atoms with van der Waals surface area (Å²) in [4.78, 5) is 16.6. The van der Waals surface area contributed by atoms with Crippen LogP contribution in [0.1, 0.15) is 19.8 Å². The maximum atomic E-state index is 12.2. The van der Waals surface area contributed by atoms with Crippen molar-refractivity contribution in [3.63, 3.8) is 0 Å². The summed E-state index contributed by atoms with van der Waals surface area (Å²) in [6.07, 6.45) is 1.71. The third-order valence-corrected chi connectivity index (χ3v) is 3.79. The van der Waals surface area contributed by atoms with Crippen LogP contribution in [0.15, 0.2) is 0 Å². The lowest BCUT2D eigenvalue weighted by atomic mass is 10.2. The van der Waals surface area contributed by atoms with Crippen molar-refractivity contribution in [1.29, 1.82) is 0 Å². The zero-order chi connectivity index (χ0) is 12.8. The standard InChI is InChI=1S/C13H25N3O2/c1-12-11-14-4-2-5-16(12)13(17)3-6-15-7-9-18-10-8-15/h12,14H,2-11H2,1H3. The van der Waals surface area contributed by atoms with Crippen molar-refractivity contribution >= 4 is 5.91 Å². The van der Waals surface area contributed by atoms with Crippen LogP contribution in [0.2, 0.25) is 0 Å². The van der Waals surface area contributed by atoms with Crippen LogP contribution in [0.4, 0.5) is 0 Å². The van der Waals surface area contributed by atoms with Crippen LogP contribution in [-0.4, -0.2) is 74.2 Å². The molecule has 0 aromatic heterocycles. The normalized spacial score (nSPS) is 26.9. The molecule has 0 saturated carbocycles. The smallest absolute Gasteiger partial charge is 0.224 e. The SMILES string of the molecule is CC1CNCCCN1C(=O)CCN1CCOCC1. The van der Waals surface area contributed by atoms with Crippen LogP contribution in [0, 0.1) is 0 Å². The van der Waals surface area contributed by atoms with E-state index >= 15 is 0 Å². The maximum Gasteiger partial charge on any atom is 0.224 e. The highest BCUT2D eigenvalue weighted by Crippen LogP contribution is 2.07. The van der Waals surface area contributed by atoms with Gasteiger partial charge in [0.25, 0.3) is 0 Å². The van der Waals surface area contributed by atoms with E-state index in [9.17, 15) is 4.79 Å². The second kappa shape index (κ2) is 7.07. The predicted octanol–water partition coefficient (Wildman–Crippen LogP) is -0.0809. The molecule has 0 aliphatic carbocycles. The number of amides is 1. The van der Waals surface area contributed by atoms with Gasteiger partial charge in [-0.05, 0) is 19.9 Å². The molecule has 2 saturated heterocycles. The topological polar surface area (TPSA) is 44.8 Å². The molecule has 18 heavy (non-hydrogen) atoms. The number of hydrogen-bond acceptors (Lipinski definition) is 4. The molecule has 0 aromatic carbocycles. The lowest BCUT2D eigenvalue weighted by molar-refractivity contribution is -0.133. The fourth-order valence-corrected chi connectivity index (χ4v) is 2.61. The molecule has 1 unspecified atom stereocenters. The predicted molar refractivity (Wildman–Crippen MR) is 70.5 cm³/mol. The van der Waals surface area contributed by atoms with E-state index in [0.29, 0.717) is 18.4 Å². The second-order valence-corrected chi connectivity index (χ2v) is 5.20. The zero-order valence-electron chi connectivity index (χ0n) is 11.4. The number of ether oxygens (including phenoxy) is 1. The average molecular weight is 255 g/mol. The van der Waals surface area contributed by atoms with E-state index in [0.717, 1.165) is 58.9 Å². The van der Waals surface area contributed by atoms with Gasteiger partial charge in [0.2, 0.25) is 5.91 Å². The molecule has 0 spiro atoms. The van der Waals surface area contributed by atoms with Gasteiger partial charge < -0.3 is 15.0 Å². The Bertz CT molecular complexity index is 267. The van der Waals surface area contributed by atoms with E-state index in [1.807, 2.05) is 4.90 Å². The van der Waals surface area contributed by atoms with Crippen LogP contribution in [-0.2, 0) is 9.53 Å². The molecule has 0 aromatic rings. The van der Waals surface area contributed by atoms with Gasteiger partial charge in [0.05, 0.1) is 13.2 Å². The van der Waals surface area contributed by atoms with Crippen LogP contribution in [0.5, 0.6) is 0 Å². The van der Waals surface area contributed by atoms with E-state index in [2.05, 4.69) is 17.1 Å². The lowest BCUT2D eigenvalue weighted by Gasteiger charge is -2.30. The molecule has 1 atom stereocenters. The highest BCUT2D eigenvalue weighted by molar-refractivity contribution is 5.76. The molecule has 1 amide bonds. The number of morpholine rings is 1. The molecule has 0 bridgehead atoms. The monoisotopic (exact) mass is 255 g/mol. The van der Waals surface area contributed by atoms with Gasteiger partial charge in [0.1, 0.15) is 0 Å². The van der Waals surface area contributed by atoms with Gasteiger partial charge in [-0.25, -0.2) is 0 Å². The summed E-state index contributed by atoms with van der Waals surface area (Å²) in [5.41, 5.74) is 0. The van der Waals surface area contributed by atoms with Crippen LogP contribution < -0.4 is 5.32 Å². The van der Waals surface area contributed by atoms with Crippen LogP contribution in [0.25, 0.3) is 0 Å². The Hall–Kier alpha value is -0.650. The van der Waals surface area contributed by atoms with Crippen LogP contribution in [0.3, 0.4) is 0 Å². The third-order valence-electron chi connectivity index (χ3n) is 3.79. The fourth-order valence-electron chi connectivity index (χ4n) is 2.61. The van der Waals surface area contributed by atoms with Gasteiger partial charge in [-0.1, -0.05) is 0 Å². The summed E-state index contributed by atoms with van der Waals surface area (Å²) < 4.78 is 5.31. The zero-order valence-corrected chi connectivity index (χ0v) is 11.4. The molecule has 5 heteroatoms. The number of nitrogens with one attached hydrogen (secondary N) is 1. The molecule has 104 valence electrons. The van der Waals surface area contributed by atoms with Crippen molar-refractivity contribution < 1.29 is 9.53 Å². The molecule has 2 aliphatic heterocycles. The Morgan fingerprint density at radius 2 is 2.11 bits per heavy atom. The summed E-state index contributed by atoms with van der Waals surface area (Å²) in [6.45, 7) is 9.38. The molecular weight excluding hydrogens is 230 g/mol. The van der Waals surface area contributed by atoms with Gasteiger partial charge in [0, 0.05) is 45.2 Å². The van der Waals surface area contributed by atoms with E-state index < -0.39 is 0 Å². The number of rotatable bonds is 3.